The minimum absolute atomic E-state index is 0. The van der Waals surface area contributed by atoms with E-state index in [1.54, 1.807) is 7.11 Å². The molecule has 1 amide bonds. The molecule has 0 aromatic heterocycles. The average molecular weight is 341 g/mol. The fourth-order valence-corrected chi connectivity index (χ4v) is 2.75. The summed E-state index contributed by atoms with van der Waals surface area (Å²) in [6.07, 6.45) is 3.41. The van der Waals surface area contributed by atoms with Gasteiger partial charge in [0.25, 0.3) is 0 Å². The number of rotatable bonds is 8. The molecule has 1 fully saturated rings. The van der Waals surface area contributed by atoms with E-state index in [0.29, 0.717) is 11.8 Å². The fraction of sp³-hybridized carbons (Fsp3) is 0.611. The SMILES string of the molecule is COCC(N)C(=O)NC(c1ccc(CC(C)C)cc1)C1CC1.Cl. The van der Waals surface area contributed by atoms with Gasteiger partial charge in [0, 0.05) is 7.11 Å². The Balaban J connectivity index is 0.00000264. The van der Waals surface area contributed by atoms with Crippen LogP contribution in [-0.4, -0.2) is 25.7 Å². The van der Waals surface area contributed by atoms with Crippen LogP contribution in [0, 0.1) is 11.8 Å². The molecule has 4 nitrogen and oxygen atoms in total. The van der Waals surface area contributed by atoms with Gasteiger partial charge < -0.3 is 15.8 Å². The lowest BCUT2D eigenvalue weighted by Crippen LogP contribution is -2.45. The van der Waals surface area contributed by atoms with E-state index < -0.39 is 6.04 Å². The largest absolute Gasteiger partial charge is 0.383 e. The van der Waals surface area contributed by atoms with Gasteiger partial charge in [-0.3, -0.25) is 4.79 Å². The maximum atomic E-state index is 12.1. The highest BCUT2D eigenvalue weighted by Gasteiger charge is 2.34. The number of amides is 1. The van der Waals surface area contributed by atoms with E-state index in [9.17, 15) is 4.79 Å². The summed E-state index contributed by atoms with van der Waals surface area (Å²) in [6.45, 7) is 4.69. The fourth-order valence-electron chi connectivity index (χ4n) is 2.75. The van der Waals surface area contributed by atoms with Crippen LogP contribution in [-0.2, 0) is 16.0 Å². The molecule has 1 aromatic carbocycles. The summed E-state index contributed by atoms with van der Waals surface area (Å²) in [4.78, 5) is 12.1. The zero-order valence-electron chi connectivity index (χ0n) is 14.2. The van der Waals surface area contributed by atoms with Crippen LogP contribution in [0.15, 0.2) is 24.3 Å². The van der Waals surface area contributed by atoms with Gasteiger partial charge in [-0.15, -0.1) is 12.4 Å². The third kappa shape index (κ3) is 6.13. The molecular weight excluding hydrogens is 312 g/mol. The molecule has 130 valence electrons. The van der Waals surface area contributed by atoms with Gasteiger partial charge in [0.1, 0.15) is 6.04 Å². The monoisotopic (exact) mass is 340 g/mol. The zero-order chi connectivity index (χ0) is 16.1. The summed E-state index contributed by atoms with van der Waals surface area (Å²) in [5.74, 6) is 1.05. The molecule has 2 atom stereocenters. The van der Waals surface area contributed by atoms with Gasteiger partial charge in [0.05, 0.1) is 12.6 Å². The van der Waals surface area contributed by atoms with Crippen molar-refractivity contribution in [2.45, 2.75) is 45.2 Å². The molecule has 2 unspecified atom stereocenters. The van der Waals surface area contributed by atoms with Crippen LogP contribution in [0.1, 0.15) is 43.9 Å². The maximum absolute atomic E-state index is 12.1. The standard InChI is InChI=1S/C18H28N2O2.ClH/c1-12(2)10-13-4-6-14(7-5-13)17(15-8-9-15)20-18(21)16(19)11-22-3;/h4-7,12,15-17H,8-11,19H2,1-3H3,(H,20,21);1H. The lowest BCUT2D eigenvalue weighted by molar-refractivity contribution is -0.124. The van der Waals surface area contributed by atoms with Crippen molar-refractivity contribution in [3.05, 3.63) is 35.4 Å². The molecule has 1 saturated carbocycles. The van der Waals surface area contributed by atoms with Crippen molar-refractivity contribution in [1.29, 1.82) is 0 Å². The van der Waals surface area contributed by atoms with E-state index in [-0.39, 0.29) is 31.0 Å². The minimum atomic E-state index is -0.605. The number of methoxy groups -OCH3 is 1. The second-order valence-corrected chi connectivity index (χ2v) is 6.73. The number of hydrogen-bond acceptors (Lipinski definition) is 3. The molecule has 0 heterocycles. The van der Waals surface area contributed by atoms with Gasteiger partial charge in [-0.1, -0.05) is 38.1 Å². The Labute approximate surface area is 145 Å². The van der Waals surface area contributed by atoms with Crippen molar-refractivity contribution in [3.8, 4) is 0 Å². The van der Waals surface area contributed by atoms with Gasteiger partial charge in [0.15, 0.2) is 0 Å². The molecule has 3 N–H and O–H groups in total. The molecule has 23 heavy (non-hydrogen) atoms. The van der Waals surface area contributed by atoms with E-state index in [4.69, 9.17) is 10.5 Å². The number of carbonyl (C=O) groups is 1. The van der Waals surface area contributed by atoms with Gasteiger partial charge in [-0.2, -0.15) is 0 Å². The van der Waals surface area contributed by atoms with Crippen LogP contribution in [0.5, 0.6) is 0 Å². The summed E-state index contributed by atoms with van der Waals surface area (Å²) < 4.78 is 4.95. The van der Waals surface area contributed by atoms with Crippen molar-refractivity contribution >= 4 is 18.3 Å². The Hall–Kier alpha value is -1.10. The molecule has 2 rings (SSSR count). The molecular formula is C18H29ClN2O2. The van der Waals surface area contributed by atoms with E-state index >= 15 is 0 Å². The van der Waals surface area contributed by atoms with Crippen molar-refractivity contribution < 1.29 is 9.53 Å². The number of benzene rings is 1. The quantitative estimate of drug-likeness (QED) is 0.764. The molecule has 0 saturated heterocycles. The van der Waals surface area contributed by atoms with Crippen LogP contribution < -0.4 is 11.1 Å². The highest BCUT2D eigenvalue weighted by Crippen LogP contribution is 2.41. The van der Waals surface area contributed by atoms with Gasteiger partial charge in [-0.05, 0) is 42.2 Å². The first-order valence-electron chi connectivity index (χ1n) is 8.15. The first-order chi connectivity index (χ1) is 10.5. The Morgan fingerprint density at radius 1 is 1.30 bits per heavy atom. The van der Waals surface area contributed by atoms with E-state index in [2.05, 4.69) is 43.4 Å². The molecule has 0 aliphatic heterocycles. The summed E-state index contributed by atoms with van der Waals surface area (Å²) in [5.41, 5.74) is 8.33. The van der Waals surface area contributed by atoms with Crippen molar-refractivity contribution in [1.82, 2.24) is 5.32 Å². The Morgan fingerprint density at radius 2 is 1.91 bits per heavy atom. The highest BCUT2D eigenvalue weighted by molar-refractivity contribution is 5.85. The third-order valence-electron chi connectivity index (χ3n) is 4.06. The topological polar surface area (TPSA) is 64.3 Å². The van der Waals surface area contributed by atoms with Crippen molar-refractivity contribution in [2.75, 3.05) is 13.7 Å². The van der Waals surface area contributed by atoms with E-state index in [0.717, 1.165) is 19.3 Å². The molecule has 0 spiro atoms. The molecule has 5 heteroatoms. The highest BCUT2D eigenvalue weighted by atomic mass is 35.5. The minimum Gasteiger partial charge on any atom is -0.383 e. The van der Waals surface area contributed by atoms with Crippen LogP contribution in [0.3, 0.4) is 0 Å². The Bertz CT molecular complexity index is 486. The van der Waals surface area contributed by atoms with E-state index in [1.807, 2.05) is 0 Å². The first kappa shape index (κ1) is 19.9. The number of nitrogens with one attached hydrogen (secondary N) is 1. The summed E-state index contributed by atoms with van der Waals surface area (Å²) in [7, 11) is 1.55. The van der Waals surface area contributed by atoms with Crippen LogP contribution in [0.4, 0.5) is 0 Å². The lowest BCUT2D eigenvalue weighted by Gasteiger charge is -2.21. The number of carbonyl (C=O) groups excluding carboxylic acids is 1. The Kier molecular flexibility index (Phi) is 8.03. The molecule has 1 aliphatic carbocycles. The molecule has 0 bridgehead atoms. The molecule has 1 aromatic rings. The summed E-state index contributed by atoms with van der Waals surface area (Å²) in [5, 5.41) is 3.10. The number of hydrogen-bond donors (Lipinski definition) is 2. The normalized spacial score (nSPS) is 16.6. The zero-order valence-corrected chi connectivity index (χ0v) is 15.1. The van der Waals surface area contributed by atoms with Crippen molar-refractivity contribution in [2.24, 2.45) is 17.6 Å². The van der Waals surface area contributed by atoms with Crippen LogP contribution >= 0.6 is 12.4 Å². The maximum Gasteiger partial charge on any atom is 0.239 e. The second kappa shape index (κ2) is 9.26. The molecule has 0 radical (unpaired) electrons. The van der Waals surface area contributed by atoms with Crippen molar-refractivity contribution in [3.63, 3.8) is 0 Å². The summed E-state index contributed by atoms with van der Waals surface area (Å²) >= 11 is 0. The smallest absolute Gasteiger partial charge is 0.239 e. The van der Waals surface area contributed by atoms with Gasteiger partial charge >= 0.3 is 0 Å². The lowest BCUT2D eigenvalue weighted by atomic mass is 9.97. The van der Waals surface area contributed by atoms with Gasteiger partial charge in [0.2, 0.25) is 5.91 Å². The second-order valence-electron chi connectivity index (χ2n) is 6.73. The van der Waals surface area contributed by atoms with E-state index in [1.165, 1.54) is 11.1 Å². The Morgan fingerprint density at radius 3 is 2.39 bits per heavy atom. The average Bonchev–Trinajstić information content (AvgIpc) is 3.29. The third-order valence-corrected chi connectivity index (χ3v) is 4.06. The predicted molar refractivity (Wildman–Crippen MR) is 95.7 cm³/mol. The number of halogens is 1. The number of nitrogens with two attached hydrogens (primary N) is 1. The molecule has 1 aliphatic rings. The first-order valence-corrected chi connectivity index (χ1v) is 8.15. The van der Waals surface area contributed by atoms with Crippen LogP contribution in [0.25, 0.3) is 0 Å². The van der Waals surface area contributed by atoms with Crippen LogP contribution in [0.2, 0.25) is 0 Å². The van der Waals surface area contributed by atoms with Gasteiger partial charge in [-0.25, -0.2) is 0 Å². The number of ether oxygens (including phenoxy) is 1. The summed E-state index contributed by atoms with van der Waals surface area (Å²) in [6, 6.07) is 8.10. The predicted octanol–water partition coefficient (Wildman–Crippen LogP) is 2.85.